The van der Waals surface area contributed by atoms with Gasteiger partial charge in [-0.1, -0.05) is 127 Å². The van der Waals surface area contributed by atoms with Gasteiger partial charge < -0.3 is 8.82 Å². The molecular weight excluding hydrogens is 534 g/mol. The van der Waals surface area contributed by atoms with Crippen LogP contribution in [0.5, 0.6) is 0 Å². The van der Waals surface area contributed by atoms with E-state index < -0.39 is 0 Å². The van der Waals surface area contributed by atoms with Crippen molar-refractivity contribution in [2.45, 2.75) is 0 Å². The number of aromatic nitrogens is 1. The molecule has 2 heteroatoms. The van der Waals surface area contributed by atoms with E-state index in [0.717, 1.165) is 27.6 Å². The predicted octanol–water partition coefficient (Wildman–Crippen LogP) is 11.8. The Bertz CT molecular complexity index is 2750. The van der Waals surface area contributed by atoms with Crippen LogP contribution < -0.4 is 0 Å². The minimum absolute atomic E-state index is 0.922. The van der Waals surface area contributed by atoms with Gasteiger partial charge >= 0.3 is 0 Å². The van der Waals surface area contributed by atoms with Crippen LogP contribution in [-0.4, -0.2) is 4.40 Å². The monoisotopic (exact) mass is 559 g/mol. The lowest BCUT2D eigenvalue weighted by atomic mass is 9.96. The second-order valence-electron chi connectivity index (χ2n) is 11.7. The summed E-state index contributed by atoms with van der Waals surface area (Å²) in [5, 5.41) is 9.72. The van der Waals surface area contributed by atoms with Crippen LogP contribution in [0, 0.1) is 0 Å². The SMILES string of the molecule is c1ccc2c(-c3ccc(-c4ccc5c6oc7cccc8c9ccccc9c9ccccc9n(c5c4)c6c78)cc3)cccc2c1. The van der Waals surface area contributed by atoms with Crippen molar-refractivity contribution >= 4 is 70.8 Å². The van der Waals surface area contributed by atoms with Gasteiger partial charge in [-0.2, -0.15) is 0 Å². The van der Waals surface area contributed by atoms with Crippen LogP contribution in [-0.2, 0) is 0 Å². The Morgan fingerprint density at radius 2 is 1.05 bits per heavy atom. The van der Waals surface area contributed by atoms with Crippen LogP contribution >= 0.6 is 0 Å². The summed E-state index contributed by atoms with van der Waals surface area (Å²) in [6.45, 7) is 0. The highest BCUT2D eigenvalue weighted by atomic mass is 16.3. The fraction of sp³-hybridized carbons (Fsp3) is 0. The second kappa shape index (κ2) is 8.82. The van der Waals surface area contributed by atoms with Crippen molar-refractivity contribution < 1.29 is 4.42 Å². The van der Waals surface area contributed by atoms with Gasteiger partial charge in [-0.3, -0.25) is 0 Å². The Labute approximate surface area is 253 Å². The highest BCUT2D eigenvalue weighted by molar-refractivity contribution is 6.28. The van der Waals surface area contributed by atoms with Crippen LogP contribution in [0.3, 0.4) is 0 Å². The molecule has 0 spiro atoms. The molecule has 2 nitrogen and oxygen atoms in total. The third-order valence-corrected chi connectivity index (χ3v) is 9.37. The molecule has 0 unspecified atom stereocenters. The van der Waals surface area contributed by atoms with E-state index in [1.807, 2.05) is 0 Å². The molecule has 44 heavy (non-hydrogen) atoms. The second-order valence-corrected chi connectivity index (χ2v) is 11.7. The van der Waals surface area contributed by atoms with Crippen LogP contribution in [0.15, 0.2) is 156 Å². The number of hydrogen-bond acceptors (Lipinski definition) is 1. The van der Waals surface area contributed by atoms with E-state index in [-0.39, 0.29) is 0 Å². The molecule has 204 valence electrons. The molecule has 0 aliphatic carbocycles. The van der Waals surface area contributed by atoms with Crippen LogP contribution in [0.2, 0.25) is 0 Å². The third kappa shape index (κ3) is 3.20. The van der Waals surface area contributed by atoms with Gasteiger partial charge in [0.15, 0.2) is 5.58 Å². The Morgan fingerprint density at radius 1 is 0.409 bits per heavy atom. The quantitative estimate of drug-likeness (QED) is 0.206. The molecule has 10 rings (SSSR count). The summed E-state index contributed by atoms with van der Waals surface area (Å²) in [6, 6.07) is 54.8. The number of hydrogen-bond donors (Lipinski definition) is 0. The van der Waals surface area contributed by atoms with E-state index in [1.54, 1.807) is 0 Å². The van der Waals surface area contributed by atoms with Crippen molar-refractivity contribution in [3.8, 4) is 22.3 Å². The third-order valence-electron chi connectivity index (χ3n) is 9.37. The van der Waals surface area contributed by atoms with Gasteiger partial charge in [0.1, 0.15) is 11.1 Å². The first kappa shape index (κ1) is 23.7. The number of nitrogens with zero attached hydrogens (tertiary/aromatic N) is 1. The van der Waals surface area contributed by atoms with Crippen molar-refractivity contribution in [2.75, 3.05) is 0 Å². The van der Waals surface area contributed by atoms with Gasteiger partial charge in [0, 0.05) is 10.8 Å². The first-order chi connectivity index (χ1) is 21.8. The van der Waals surface area contributed by atoms with Crippen molar-refractivity contribution in [3.05, 3.63) is 152 Å². The number of rotatable bonds is 2. The highest BCUT2D eigenvalue weighted by Gasteiger charge is 2.21. The lowest BCUT2D eigenvalue weighted by molar-refractivity contribution is 0.673. The molecule has 10 aromatic rings. The van der Waals surface area contributed by atoms with Gasteiger partial charge in [0.25, 0.3) is 0 Å². The molecule has 0 aliphatic heterocycles. The molecule has 0 bridgehead atoms. The normalized spacial score (nSPS) is 12.1. The van der Waals surface area contributed by atoms with Crippen molar-refractivity contribution in [1.29, 1.82) is 0 Å². The molecule has 0 saturated heterocycles. The van der Waals surface area contributed by atoms with Gasteiger partial charge in [0.2, 0.25) is 0 Å². The van der Waals surface area contributed by atoms with E-state index in [9.17, 15) is 0 Å². The summed E-state index contributed by atoms with van der Waals surface area (Å²) in [4.78, 5) is 0. The summed E-state index contributed by atoms with van der Waals surface area (Å²) in [5.74, 6) is 0. The molecule has 0 radical (unpaired) electrons. The Morgan fingerprint density at radius 3 is 1.91 bits per heavy atom. The van der Waals surface area contributed by atoms with Gasteiger partial charge in [0.05, 0.1) is 16.4 Å². The van der Waals surface area contributed by atoms with Gasteiger partial charge in [-0.25, -0.2) is 0 Å². The molecule has 0 amide bonds. The summed E-state index contributed by atoms with van der Waals surface area (Å²) >= 11 is 0. The van der Waals surface area contributed by atoms with Gasteiger partial charge in [-0.15, -0.1) is 0 Å². The predicted molar refractivity (Wildman–Crippen MR) is 186 cm³/mol. The van der Waals surface area contributed by atoms with Crippen molar-refractivity contribution in [1.82, 2.24) is 4.40 Å². The molecule has 3 aromatic heterocycles. The maximum Gasteiger partial charge on any atom is 0.161 e. The molecule has 0 fully saturated rings. The zero-order valence-electron chi connectivity index (χ0n) is 23.8. The molecule has 7 aromatic carbocycles. The minimum atomic E-state index is 0.922. The zero-order chi connectivity index (χ0) is 28.8. The summed E-state index contributed by atoms with van der Waals surface area (Å²) in [5.41, 5.74) is 10.2. The molecular formula is C42H25NO. The minimum Gasteiger partial charge on any atom is -0.454 e. The first-order valence-electron chi connectivity index (χ1n) is 15.1. The highest BCUT2D eigenvalue weighted by Crippen LogP contribution is 2.43. The van der Waals surface area contributed by atoms with Crippen LogP contribution in [0.1, 0.15) is 0 Å². The molecule has 0 N–H and O–H groups in total. The average molecular weight is 560 g/mol. The van der Waals surface area contributed by atoms with E-state index in [4.69, 9.17) is 4.42 Å². The van der Waals surface area contributed by atoms with Crippen molar-refractivity contribution in [3.63, 3.8) is 0 Å². The maximum absolute atomic E-state index is 6.67. The Balaban J connectivity index is 1.27. The largest absolute Gasteiger partial charge is 0.454 e. The number of para-hydroxylation sites is 1. The molecule has 0 aliphatic rings. The average Bonchev–Trinajstić information content (AvgIpc) is 3.61. The van der Waals surface area contributed by atoms with E-state index in [0.29, 0.717) is 0 Å². The number of fused-ring (bicyclic) bond motifs is 9. The Kier molecular flexibility index (Phi) is 4.75. The summed E-state index contributed by atoms with van der Waals surface area (Å²) < 4.78 is 9.10. The van der Waals surface area contributed by atoms with E-state index >= 15 is 0 Å². The Hall–Kier alpha value is -5.86. The molecule has 0 atom stereocenters. The fourth-order valence-corrected chi connectivity index (χ4v) is 7.38. The number of furan rings is 1. The maximum atomic E-state index is 6.67. The van der Waals surface area contributed by atoms with Crippen LogP contribution in [0.4, 0.5) is 0 Å². The van der Waals surface area contributed by atoms with E-state index in [2.05, 4.69) is 156 Å². The lowest BCUT2D eigenvalue weighted by Gasteiger charge is -2.10. The standard InChI is InChI=1S/C42H25NO/c1-2-11-30-27(9-1)10-7-15-31(30)28-21-19-26(20-22-28)29-23-24-36-38(25-29)43-37-17-6-5-14-34(37)32-12-3-4-13-33(32)35-16-8-18-39-40(35)41(43)42(36)44-39/h1-25H. The van der Waals surface area contributed by atoms with Crippen molar-refractivity contribution in [2.24, 2.45) is 0 Å². The van der Waals surface area contributed by atoms with Gasteiger partial charge in [-0.05, 0) is 73.5 Å². The molecule has 3 heterocycles. The zero-order valence-corrected chi connectivity index (χ0v) is 23.8. The molecule has 0 saturated carbocycles. The summed E-state index contributed by atoms with van der Waals surface area (Å²) in [6.07, 6.45) is 0. The first-order valence-corrected chi connectivity index (χ1v) is 15.1. The smallest absolute Gasteiger partial charge is 0.161 e. The van der Waals surface area contributed by atoms with E-state index in [1.165, 1.54) is 65.5 Å². The number of benzene rings is 7. The van der Waals surface area contributed by atoms with Crippen LogP contribution in [0.25, 0.3) is 93.1 Å². The topological polar surface area (TPSA) is 17.6 Å². The summed E-state index contributed by atoms with van der Waals surface area (Å²) in [7, 11) is 0. The lowest BCUT2D eigenvalue weighted by Crippen LogP contribution is -1.89. The fourth-order valence-electron chi connectivity index (χ4n) is 7.38.